The lowest BCUT2D eigenvalue weighted by atomic mass is 10.2. The van der Waals surface area contributed by atoms with Crippen molar-refractivity contribution in [2.45, 2.75) is 12.5 Å². The highest BCUT2D eigenvalue weighted by molar-refractivity contribution is 5.75. The van der Waals surface area contributed by atoms with Crippen LogP contribution in [0.15, 0.2) is 0 Å². The van der Waals surface area contributed by atoms with Gasteiger partial charge in [0, 0.05) is 6.54 Å². The minimum atomic E-state index is -1.08. The first-order valence-electron chi connectivity index (χ1n) is 3.29. The third-order valence-electron chi connectivity index (χ3n) is 1.19. The van der Waals surface area contributed by atoms with Gasteiger partial charge in [-0.15, -0.1) is 0 Å². The minimum absolute atomic E-state index is 0.194. The summed E-state index contributed by atoms with van der Waals surface area (Å²) in [7, 11) is 0. The SMILES string of the molecule is N=C(NO)NCC[C@H](N)C(=O)O. The molecule has 0 unspecified atom stereocenters. The summed E-state index contributed by atoms with van der Waals surface area (Å²) in [6.07, 6.45) is 0.194. The highest BCUT2D eigenvalue weighted by atomic mass is 16.5. The molecule has 0 fully saturated rings. The Hall–Kier alpha value is -1.34. The minimum Gasteiger partial charge on any atom is -0.480 e. The molecular formula is C5H12N4O3. The Kier molecular flexibility index (Phi) is 4.73. The van der Waals surface area contributed by atoms with E-state index in [1.54, 1.807) is 5.48 Å². The molecule has 0 aliphatic carbocycles. The first-order valence-corrected chi connectivity index (χ1v) is 3.29. The van der Waals surface area contributed by atoms with E-state index in [2.05, 4.69) is 5.32 Å². The van der Waals surface area contributed by atoms with Gasteiger partial charge in [-0.2, -0.15) is 0 Å². The average molecular weight is 176 g/mol. The number of carbonyl (C=O) groups is 1. The number of nitrogens with one attached hydrogen (secondary N) is 3. The molecule has 0 bridgehead atoms. The summed E-state index contributed by atoms with van der Waals surface area (Å²) in [5.74, 6) is -1.37. The Morgan fingerprint density at radius 2 is 2.25 bits per heavy atom. The van der Waals surface area contributed by atoms with Crippen molar-refractivity contribution in [2.24, 2.45) is 5.73 Å². The van der Waals surface area contributed by atoms with E-state index in [4.69, 9.17) is 21.5 Å². The second-order valence-corrected chi connectivity index (χ2v) is 2.15. The largest absolute Gasteiger partial charge is 0.480 e. The number of carboxylic acids is 1. The first kappa shape index (κ1) is 10.7. The molecule has 0 aromatic carbocycles. The van der Waals surface area contributed by atoms with Crippen molar-refractivity contribution in [1.29, 1.82) is 5.41 Å². The molecule has 7 heteroatoms. The molecule has 7 N–H and O–H groups in total. The molecule has 70 valence electrons. The smallest absolute Gasteiger partial charge is 0.320 e. The van der Waals surface area contributed by atoms with Crippen molar-refractivity contribution in [2.75, 3.05) is 6.54 Å². The molecule has 0 aliphatic heterocycles. The molecular weight excluding hydrogens is 164 g/mol. The second kappa shape index (κ2) is 5.33. The van der Waals surface area contributed by atoms with E-state index in [0.29, 0.717) is 0 Å². The molecule has 0 heterocycles. The molecule has 7 nitrogen and oxygen atoms in total. The van der Waals surface area contributed by atoms with Crippen molar-refractivity contribution < 1.29 is 15.1 Å². The molecule has 0 aromatic heterocycles. The Morgan fingerprint density at radius 3 is 2.67 bits per heavy atom. The summed E-state index contributed by atoms with van der Waals surface area (Å²) < 4.78 is 0. The lowest BCUT2D eigenvalue weighted by Crippen LogP contribution is -2.39. The lowest BCUT2D eigenvalue weighted by Gasteiger charge is -2.07. The molecule has 0 aliphatic rings. The summed E-state index contributed by atoms with van der Waals surface area (Å²) in [5.41, 5.74) is 6.70. The molecule has 0 radical (unpaired) electrons. The Labute approximate surface area is 69.0 Å². The number of nitrogens with two attached hydrogens (primary N) is 1. The number of aliphatic carboxylic acids is 1. The Bertz CT molecular complexity index is 172. The summed E-state index contributed by atoms with van der Waals surface area (Å²) in [6, 6.07) is -0.941. The van der Waals surface area contributed by atoms with Crippen molar-refractivity contribution in [3.63, 3.8) is 0 Å². The fourth-order valence-corrected chi connectivity index (χ4v) is 0.516. The standard InChI is InChI=1S/C5H12N4O3/c6-3(4(10)11)1-2-8-5(7)9-12/h3,12H,1-2,6H2,(H,10,11)(H3,7,8,9)/t3-/m0/s1. The Balaban J connectivity index is 3.43. The molecule has 0 rings (SSSR count). The number of hydrogen-bond acceptors (Lipinski definition) is 4. The van der Waals surface area contributed by atoms with Gasteiger partial charge < -0.3 is 16.2 Å². The third kappa shape index (κ3) is 4.47. The number of carboxylic acid groups (broad SMARTS) is 1. The zero-order chi connectivity index (χ0) is 9.56. The van der Waals surface area contributed by atoms with Crippen LogP contribution in [-0.4, -0.2) is 34.8 Å². The number of guanidine groups is 1. The quantitative estimate of drug-likeness (QED) is 0.172. The second-order valence-electron chi connectivity index (χ2n) is 2.15. The first-order chi connectivity index (χ1) is 5.57. The van der Waals surface area contributed by atoms with E-state index in [-0.39, 0.29) is 18.9 Å². The van der Waals surface area contributed by atoms with Gasteiger partial charge in [-0.1, -0.05) is 0 Å². The van der Waals surface area contributed by atoms with Crippen LogP contribution in [0.5, 0.6) is 0 Å². The van der Waals surface area contributed by atoms with Crippen LogP contribution in [0.4, 0.5) is 0 Å². The normalized spacial score (nSPS) is 11.8. The fraction of sp³-hybridized carbons (Fsp3) is 0.600. The number of hydroxylamine groups is 1. The van der Waals surface area contributed by atoms with Crippen molar-refractivity contribution in [3.05, 3.63) is 0 Å². The van der Waals surface area contributed by atoms with Gasteiger partial charge in [0.15, 0.2) is 0 Å². The Morgan fingerprint density at radius 1 is 1.67 bits per heavy atom. The summed E-state index contributed by atoms with van der Waals surface area (Å²) in [4.78, 5) is 10.2. The highest BCUT2D eigenvalue weighted by Gasteiger charge is 2.10. The monoisotopic (exact) mass is 176 g/mol. The third-order valence-corrected chi connectivity index (χ3v) is 1.19. The predicted octanol–water partition coefficient (Wildman–Crippen LogP) is -1.71. The molecule has 12 heavy (non-hydrogen) atoms. The molecule has 0 saturated carbocycles. The van der Waals surface area contributed by atoms with E-state index in [1.165, 1.54) is 0 Å². The number of rotatable bonds is 4. The van der Waals surface area contributed by atoms with Gasteiger partial charge in [0.05, 0.1) is 0 Å². The van der Waals surface area contributed by atoms with Crippen molar-refractivity contribution >= 4 is 11.9 Å². The van der Waals surface area contributed by atoms with Crippen LogP contribution >= 0.6 is 0 Å². The van der Waals surface area contributed by atoms with Crippen LogP contribution in [0, 0.1) is 5.41 Å². The molecule has 0 saturated heterocycles. The molecule has 0 amide bonds. The zero-order valence-electron chi connectivity index (χ0n) is 6.37. The summed E-state index contributed by atoms with van der Waals surface area (Å²) >= 11 is 0. The summed E-state index contributed by atoms with van der Waals surface area (Å²) in [5, 5.41) is 25.7. The van der Waals surface area contributed by atoms with Gasteiger partial charge >= 0.3 is 5.97 Å². The van der Waals surface area contributed by atoms with Gasteiger partial charge in [-0.05, 0) is 6.42 Å². The van der Waals surface area contributed by atoms with Crippen molar-refractivity contribution in [1.82, 2.24) is 10.8 Å². The fourth-order valence-electron chi connectivity index (χ4n) is 0.516. The molecule has 0 spiro atoms. The predicted molar refractivity (Wildman–Crippen MR) is 40.9 cm³/mol. The van der Waals surface area contributed by atoms with Gasteiger partial charge in [-0.3, -0.25) is 15.4 Å². The van der Waals surface area contributed by atoms with E-state index in [9.17, 15) is 4.79 Å². The van der Waals surface area contributed by atoms with E-state index in [1.807, 2.05) is 0 Å². The molecule has 1 atom stereocenters. The van der Waals surface area contributed by atoms with Gasteiger partial charge in [0.2, 0.25) is 5.96 Å². The van der Waals surface area contributed by atoms with Crippen molar-refractivity contribution in [3.8, 4) is 0 Å². The van der Waals surface area contributed by atoms with Crippen LogP contribution in [0.2, 0.25) is 0 Å². The number of hydrogen-bond donors (Lipinski definition) is 6. The maximum Gasteiger partial charge on any atom is 0.320 e. The molecule has 0 aromatic rings. The van der Waals surface area contributed by atoms with Crippen LogP contribution < -0.4 is 16.5 Å². The van der Waals surface area contributed by atoms with E-state index >= 15 is 0 Å². The van der Waals surface area contributed by atoms with Crippen LogP contribution in [0.3, 0.4) is 0 Å². The van der Waals surface area contributed by atoms with Gasteiger partial charge in [0.25, 0.3) is 0 Å². The highest BCUT2D eigenvalue weighted by Crippen LogP contribution is 1.84. The van der Waals surface area contributed by atoms with E-state index < -0.39 is 12.0 Å². The maximum absolute atomic E-state index is 10.2. The van der Waals surface area contributed by atoms with Gasteiger partial charge in [-0.25, -0.2) is 5.48 Å². The van der Waals surface area contributed by atoms with Crippen LogP contribution in [-0.2, 0) is 4.79 Å². The van der Waals surface area contributed by atoms with Gasteiger partial charge in [0.1, 0.15) is 6.04 Å². The topological polar surface area (TPSA) is 131 Å². The lowest BCUT2D eigenvalue weighted by molar-refractivity contribution is -0.138. The van der Waals surface area contributed by atoms with Crippen LogP contribution in [0.1, 0.15) is 6.42 Å². The average Bonchev–Trinajstić information content (AvgIpc) is 2.03. The summed E-state index contributed by atoms with van der Waals surface area (Å²) in [6.45, 7) is 0.222. The van der Waals surface area contributed by atoms with Crippen LogP contribution in [0.25, 0.3) is 0 Å². The van der Waals surface area contributed by atoms with E-state index in [0.717, 1.165) is 0 Å². The zero-order valence-corrected chi connectivity index (χ0v) is 6.37. The maximum atomic E-state index is 10.2.